The van der Waals surface area contributed by atoms with Gasteiger partial charge in [-0.2, -0.15) is 0 Å². The summed E-state index contributed by atoms with van der Waals surface area (Å²) in [6.45, 7) is 1.96. The molecule has 1 heterocycles. The van der Waals surface area contributed by atoms with E-state index < -0.39 is 0 Å². The van der Waals surface area contributed by atoms with E-state index >= 15 is 0 Å². The van der Waals surface area contributed by atoms with Crippen LogP contribution < -0.4 is 0 Å². The lowest BCUT2D eigenvalue weighted by Gasteiger charge is -2.02. The summed E-state index contributed by atoms with van der Waals surface area (Å²) in [5.41, 5.74) is 1.31. The van der Waals surface area contributed by atoms with Crippen LogP contribution in [0.1, 0.15) is 11.4 Å². The van der Waals surface area contributed by atoms with Gasteiger partial charge in [-0.25, -0.2) is 0 Å². The lowest BCUT2D eigenvalue weighted by Crippen LogP contribution is -1.93. The van der Waals surface area contributed by atoms with Crippen molar-refractivity contribution in [2.45, 2.75) is 17.8 Å². The third-order valence-electron chi connectivity index (χ3n) is 2.33. The lowest BCUT2D eigenvalue weighted by atomic mass is 10.2. The first-order valence-electron chi connectivity index (χ1n) is 4.90. The predicted octanol–water partition coefficient (Wildman–Crippen LogP) is 3.02. The topological polar surface area (TPSA) is 30.7 Å². The van der Waals surface area contributed by atoms with Crippen molar-refractivity contribution in [3.05, 3.63) is 39.2 Å². The van der Waals surface area contributed by atoms with E-state index in [1.165, 1.54) is 9.13 Å². The molecule has 0 bridgehead atoms. The number of halogens is 1. The Labute approximate surface area is 113 Å². The summed E-state index contributed by atoms with van der Waals surface area (Å²) in [5, 5.41) is 9.12. The fourth-order valence-electron chi connectivity index (χ4n) is 1.24. The molecule has 0 saturated carbocycles. The summed E-state index contributed by atoms with van der Waals surface area (Å²) in [6.07, 6.45) is 0. The molecule has 0 spiro atoms. The van der Waals surface area contributed by atoms with Crippen molar-refractivity contribution in [3.63, 3.8) is 0 Å². The highest BCUT2D eigenvalue weighted by Gasteiger charge is 2.05. The molecule has 0 fully saturated rings. The van der Waals surface area contributed by atoms with Gasteiger partial charge in [0.15, 0.2) is 5.16 Å². The van der Waals surface area contributed by atoms with E-state index in [-0.39, 0.29) is 0 Å². The molecule has 5 heteroatoms. The Morgan fingerprint density at radius 2 is 1.94 bits per heavy atom. The second-order valence-corrected chi connectivity index (χ2v) is 5.69. The van der Waals surface area contributed by atoms with Crippen LogP contribution in [0, 0.1) is 10.5 Å². The maximum absolute atomic E-state index is 4.12. The second kappa shape index (κ2) is 5.18. The Morgan fingerprint density at radius 3 is 2.50 bits per heavy atom. The predicted molar refractivity (Wildman–Crippen MR) is 74.5 cm³/mol. The van der Waals surface area contributed by atoms with Crippen molar-refractivity contribution >= 4 is 34.4 Å². The molecular weight excluding hydrogens is 333 g/mol. The Bertz CT molecular complexity index is 478. The SMILES string of the molecule is Cc1nnc(SCc2ccc(I)cc2)n1C. The van der Waals surface area contributed by atoms with Crippen molar-refractivity contribution in [2.24, 2.45) is 7.05 Å². The Morgan fingerprint density at radius 1 is 1.25 bits per heavy atom. The highest BCUT2D eigenvalue weighted by atomic mass is 127. The fourth-order valence-corrected chi connectivity index (χ4v) is 2.51. The number of aryl methyl sites for hydroxylation is 1. The number of nitrogens with zero attached hydrogens (tertiary/aromatic N) is 3. The minimum Gasteiger partial charge on any atom is -0.309 e. The molecule has 0 aliphatic heterocycles. The molecule has 3 nitrogen and oxygen atoms in total. The van der Waals surface area contributed by atoms with Crippen LogP contribution in [0.2, 0.25) is 0 Å². The molecule has 1 aromatic carbocycles. The summed E-state index contributed by atoms with van der Waals surface area (Å²) in [4.78, 5) is 0. The van der Waals surface area contributed by atoms with Gasteiger partial charge in [-0.3, -0.25) is 0 Å². The van der Waals surface area contributed by atoms with Gasteiger partial charge in [0.25, 0.3) is 0 Å². The van der Waals surface area contributed by atoms with Crippen LogP contribution in [0.5, 0.6) is 0 Å². The van der Waals surface area contributed by atoms with Crippen LogP contribution in [0.15, 0.2) is 29.4 Å². The molecule has 0 N–H and O–H groups in total. The first-order chi connectivity index (χ1) is 7.66. The molecule has 0 atom stereocenters. The summed E-state index contributed by atoms with van der Waals surface area (Å²) in [5.74, 6) is 1.88. The van der Waals surface area contributed by atoms with E-state index in [2.05, 4.69) is 57.1 Å². The Balaban J connectivity index is 2.02. The molecule has 84 valence electrons. The molecule has 0 amide bonds. The maximum Gasteiger partial charge on any atom is 0.191 e. The molecule has 16 heavy (non-hydrogen) atoms. The molecule has 0 unspecified atom stereocenters. The molecule has 2 rings (SSSR count). The van der Waals surface area contributed by atoms with Crippen LogP contribution in [-0.4, -0.2) is 14.8 Å². The number of rotatable bonds is 3. The zero-order chi connectivity index (χ0) is 11.5. The van der Waals surface area contributed by atoms with E-state index in [1.807, 2.05) is 18.5 Å². The van der Waals surface area contributed by atoms with Gasteiger partial charge in [-0.15, -0.1) is 10.2 Å². The monoisotopic (exact) mass is 345 g/mol. The van der Waals surface area contributed by atoms with E-state index in [4.69, 9.17) is 0 Å². The molecule has 1 aromatic heterocycles. The van der Waals surface area contributed by atoms with Crippen LogP contribution in [0.4, 0.5) is 0 Å². The maximum atomic E-state index is 4.12. The normalized spacial score (nSPS) is 10.7. The van der Waals surface area contributed by atoms with Gasteiger partial charge in [0.1, 0.15) is 5.82 Å². The average molecular weight is 345 g/mol. The summed E-state index contributed by atoms with van der Waals surface area (Å²) in [6, 6.07) is 8.55. The molecule has 0 radical (unpaired) electrons. The first-order valence-corrected chi connectivity index (χ1v) is 6.96. The molecule has 0 aliphatic carbocycles. The quantitative estimate of drug-likeness (QED) is 0.633. The highest BCUT2D eigenvalue weighted by molar-refractivity contribution is 14.1. The fraction of sp³-hybridized carbons (Fsp3) is 0.273. The summed E-state index contributed by atoms with van der Waals surface area (Å²) >= 11 is 4.03. The van der Waals surface area contributed by atoms with E-state index in [0.29, 0.717) is 0 Å². The lowest BCUT2D eigenvalue weighted by molar-refractivity contribution is 0.765. The van der Waals surface area contributed by atoms with Crippen LogP contribution in [0.25, 0.3) is 0 Å². The van der Waals surface area contributed by atoms with Gasteiger partial charge in [-0.1, -0.05) is 23.9 Å². The number of hydrogen-bond donors (Lipinski definition) is 0. The molecular formula is C11H12IN3S. The van der Waals surface area contributed by atoms with Gasteiger partial charge >= 0.3 is 0 Å². The molecule has 2 aromatic rings. The number of hydrogen-bond acceptors (Lipinski definition) is 3. The second-order valence-electron chi connectivity index (χ2n) is 3.50. The van der Waals surface area contributed by atoms with Gasteiger partial charge in [-0.05, 0) is 47.2 Å². The Hall–Kier alpha value is -0.560. The minimum atomic E-state index is 0.933. The van der Waals surface area contributed by atoms with Crippen molar-refractivity contribution in [1.82, 2.24) is 14.8 Å². The molecule has 0 aliphatic rings. The van der Waals surface area contributed by atoms with Crippen molar-refractivity contribution in [2.75, 3.05) is 0 Å². The standard InChI is InChI=1S/C11H12IN3S/c1-8-13-14-11(15(8)2)16-7-9-3-5-10(12)6-4-9/h3-6H,7H2,1-2H3. The number of thioether (sulfide) groups is 1. The van der Waals surface area contributed by atoms with Crippen molar-refractivity contribution in [3.8, 4) is 0 Å². The van der Waals surface area contributed by atoms with Gasteiger partial charge < -0.3 is 4.57 Å². The van der Waals surface area contributed by atoms with Crippen LogP contribution in [-0.2, 0) is 12.8 Å². The zero-order valence-corrected chi connectivity index (χ0v) is 12.1. The van der Waals surface area contributed by atoms with E-state index in [9.17, 15) is 0 Å². The summed E-state index contributed by atoms with van der Waals surface area (Å²) in [7, 11) is 1.99. The third-order valence-corrected chi connectivity index (χ3v) is 4.14. The molecule has 0 saturated heterocycles. The van der Waals surface area contributed by atoms with Crippen LogP contribution in [0.3, 0.4) is 0 Å². The van der Waals surface area contributed by atoms with Gasteiger partial charge in [0.05, 0.1) is 0 Å². The van der Waals surface area contributed by atoms with Crippen molar-refractivity contribution in [1.29, 1.82) is 0 Å². The number of benzene rings is 1. The largest absolute Gasteiger partial charge is 0.309 e. The van der Waals surface area contributed by atoms with Gasteiger partial charge in [0, 0.05) is 16.4 Å². The smallest absolute Gasteiger partial charge is 0.191 e. The Kier molecular flexibility index (Phi) is 3.86. The van der Waals surface area contributed by atoms with Crippen LogP contribution >= 0.6 is 34.4 Å². The third kappa shape index (κ3) is 2.76. The number of aromatic nitrogens is 3. The van der Waals surface area contributed by atoms with Crippen molar-refractivity contribution < 1.29 is 0 Å². The minimum absolute atomic E-state index is 0.933. The van der Waals surface area contributed by atoms with E-state index in [0.717, 1.165) is 16.7 Å². The zero-order valence-electron chi connectivity index (χ0n) is 9.14. The first kappa shape index (κ1) is 11.9. The van der Waals surface area contributed by atoms with Gasteiger partial charge in [0.2, 0.25) is 0 Å². The highest BCUT2D eigenvalue weighted by Crippen LogP contribution is 2.21. The van der Waals surface area contributed by atoms with E-state index in [1.54, 1.807) is 11.8 Å². The summed E-state index contributed by atoms with van der Waals surface area (Å²) < 4.78 is 3.28. The average Bonchev–Trinajstić information content (AvgIpc) is 2.60.